The van der Waals surface area contributed by atoms with E-state index < -0.39 is 5.54 Å². The van der Waals surface area contributed by atoms with Crippen LogP contribution < -0.4 is 32.5 Å². The fraction of sp³-hybridized carbons (Fsp3) is 0.300. The van der Waals surface area contributed by atoms with Crippen LogP contribution in [0.15, 0.2) is 41.5 Å². The van der Waals surface area contributed by atoms with Crippen molar-refractivity contribution >= 4 is 17.6 Å². The summed E-state index contributed by atoms with van der Waals surface area (Å²) in [4.78, 5) is 12.3. The zero-order valence-corrected chi connectivity index (χ0v) is 15.7. The summed E-state index contributed by atoms with van der Waals surface area (Å²) in [7, 11) is 0. The van der Waals surface area contributed by atoms with Crippen LogP contribution in [0, 0.1) is 6.92 Å². The normalized spacial score (nSPS) is 17.6. The van der Waals surface area contributed by atoms with E-state index >= 15 is 0 Å². The summed E-state index contributed by atoms with van der Waals surface area (Å²) in [6.07, 6.45) is 3.89. The number of nitrogens with one attached hydrogen (secondary N) is 3. The van der Waals surface area contributed by atoms with Gasteiger partial charge in [-0.15, -0.1) is 5.10 Å². The van der Waals surface area contributed by atoms with E-state index in [4.69, 9.17) is 16.3 Å². The first-order valence-corrected chi connectivity index (χ1v) is 9.33. The Morgan fingerprint density at radius 1 is 1.18 bits per heavy atom. The maximum atomic E-state index is 12.3. The Morgan fingerprint density at radius 2 is 1.93 bits per heavy atom. The molecule has 8 nitrogen and oxygen atoms in total. The highest BCUT2D eigenvalue weighted by molar-refractivity contribution is 6.00. The van der Waals surface area contributed by atoms with Gasteiger partial charge in [-0.25, -0.2) is 16.2 Å². The average Bonchev–Trinajstić information content (AvgIpc) is 3.13. The highest BCUT2D eigenvalue weighted by Crippen LogP contribution is 2.50. The molecule has 2 amide bonds. The minimum Gasteiger partial charge on any atom is -0.456 e. The van der Waals surface area contributed by atoms with Crippen molar-refractivity contribution in [3.05, 3.63) is 53.1 Å². The number of fused-ring (bicyclic) bond motifs is 2. The van der Waals surface area contributed by atoms with Gasteiger partial charge in [-0.05, 0) is 43.5 Å². The first kappa shape index (κ1) is 18.1. The highest BCUT2D eigenvalue weighted by atomic mass is 16.5. The molecule has 28 heavy (non-hydrogen) atoms. The molecule has 0 bridgehead atoms. The summed E-state index contributed by atoms with van der Waals surface area (Å²) in [5.74, 6) is 6.74. The molecule has 1 aliphatic carbocycles. The molecular weight excluding hydrogens is 356 g/mol. The van der Waals surface area contributed by atoms with E-state index in [0.29, 0.717) is 17.1 Å². The second-order valence-corrected chi connectivity index (χ2v) is 7.22. The number of benzene rings is 2. The maximum Gasteiger partial charge on any atom is 0.319 e. The number of amidine groups is 1. The lowest BCUT2D eigenvalue weighted by Gasteiger charge is -2.38. The number of urea groups is 1. The molecule has 2 aliphatic rings. The number of anilines is 1. The lowest BCUT2D eigenvalue weighted by atomic mass is 9.83. The summed E-state index contributed by atoms with van der Waals surface area (Å²) >= 11 is 0. The topological polar surface area (TPSA) is 127 Å². The van der Waals surface area contributed by atoms with E-state index in [1.165, 1.54) is 0 Å². The van der Waals surface area contributed by atoms with Gasteiger partial charge in [-0.3, -0.25) is 0 Å². The van der Waals surface area contributed by atoms with Crippen molar-refractivity contribution in [3.8, 4) is 11.5 Å². The predicted octanol–water partition coefficient (Wildman–Crippen LogP) is 2.78. The van der Waals surface area contributed by atoms with Crippen LogP contribution in [0.3, 0.4) is 0 Å². The lowest BCUT2D eigenvalue weighted by molar-refractivity contribution is 0.232. The second kappa shape index (κ2) is 7.05. The molecule has 4 rings (SSSR count). The third kappa shape index (κ3) is 3.01. The largest absolute Gasteiger partial charge is 0.456 e. The van der Waals surface area contributed by atoms with E-state index in [1.807, 2.05) is 43.3 Å². The first-order chi connectivity index (χ1) is 13.5. The number of para-hydroxylation sites is 1. The predicted molar refractivity (Wildman–Crippen MR) is 108 cm³/mol. The van der Waals surface area contributed by atoms with Gasteiger partial charge in [0.25, 0.3) is 0 Å². The van der Waals surface area contributed by atoms with Gasteiger partial charge in [0.1, 0.15) is 11.5 Å². The fourth-order valence-electron chi connectivity index (χ4n) is 4.20. The van der Waals surface area contributed by atoms with Crippen LogP contribution in [0.2, 0.25) is 0 Å². The third-order valence-electron chi connectivity index (χ3n) is 5.47. The van der Waals surface area contributed by atoms with E-state index in [2.05, 4.69) is 21.3 Å². The van der Waals surface area contributed by atoms with E-state index in [0.717, 1.165) is 42.5 Å². The van der Waals surface area contributed by atoms with Crippen LogP contribution in [0.5, 0.6) is 11.5 Å². The van der Waals surface area contributed by atoms with Gasteiger partial charge in [0.15, 0.2) is 5.84 Å². The van der Waals surface area contributed by atoms with E-state index in [1.54, 1.807) is 0 Å². The Morgan fingerprint density at radius 3 is 2.68 bits per heavy atom. The minimum absolute atomic E-state index is 0.166. The Labute approximate surface area is 163 Å². The van der Waals surface area contributed by atoms with Gasteiger partial charge >= 0.3 is 6.03 Å². The summed E-state index contributed by atoms with van der Waals surface area (Å²) in [5.41, 5.74) is 11.3. The molecule has 1 heterocycles. The van der Waals surface area contributed by atoms with Gasteiger partial charge in [0.05, 0.1) is 16.8 Å². The summed E-state index contributed by atoms with van der Waals surface area (Å²) in [6.45, 7) is 1.99. The van der Waals surface area contributed by atoms with E-state index in [-0.39, 0.29) is 11.9 Å². The van der Waals surface area contributed by atoms with Crippen LogP contribution in [0.25, 0.3) is 0 Å². The summed E-state index contributed by atoms with van der Waals surface area (Å²) in [6, 6.07) is 11.1. The SMILES string of the molecule is Cc1ccc(Oc2ccccc2/C(N)=N/NN)c2c1NC(=O)NC21CCCC1. The number of carbonyl (C=O) groups is 1. The molecule has 2 aromatic rings. The van der Waals surface area contributed by atoms with Crippen molar-refractivity contribution in [2.24, 2.45) is 16.7 Å². The van der Waals surface area contributed by atoms with Gasteiger partial charge in [0, 0.05) is 5.56 Å². The molecule has 8 heteroatoms. The van der Waals surface area contributed by atoms with Gasteiger partial charge in [-0.2, -0.15) is 0 Å². The number of hydrazine groups is 1. The number of ether oxygens (including phenoxy) is 1. The first-order valence-electron chi connectivity index (χ1n) is 9.33. The molecule has 0 unspecified atom stereocenters. The number of nitrogens with two attached hydrogens (primary N) is 2. The summed E-state index contributed by atoms with van der Waals surface area (Å²) in [5, 5.41) is 9.96. The number of hydrogen-bond acceptors (Lipinski definition) is 5. The van der Waals surface area contributed by atoms with Gasteiger partial charge in [0.2, 0.25) is 0 Å². The number of rotatable bonds is 4. The molecule has 2 aromatic carbocycles. The quantitative estimate of drug-likeness (QED) is 0.241. The smallest absolute Gasteiger partial charge is 0.319 e. The molecule has 1 aliphatic heterocycles. The Hall–Kier alpha value is -3.26. The van der Waals surface area contributed by atoms with Crippen molar-refractivity contribution in [2.75, 3.05) is 5.32 Å². The van der Waals surface area contributed by atoms with Crippen LogP contribution in [-0.2, 0) is 5.54 Å². The number of hydrogen-bond donors (Lipinski definition) is 5. The van der Waals surface area contributed by atoms with Crippen molar-refractivity contribution in [3.63, 3.8) is 0 Å². The van der Waals surface area contributed by atoms with Crippen molar-refractivity contribution in [1.82, 2.24) is 10.9 Å². The van der Waals surface area contributed by atoms with Crippen molar-refractivity contribution < 1.29 is 9.53 Å². The third-order valence-corrected chi connectivity index (χ3v) is 5.47. The number of nitrogens with zero attached hydrogens (tertiary/aromatic N) is 1. The maximum absolute atomic E-state index is 12.3. The Bertz CT molecular complexity index is 950. The Balaban J connectivity index is 1.83. The van der Waals surface area contributed by atoms with Crippen LogP contribution in [0.1, 0.15) is 42.4 Å². The van der Waals surface area contributed by atoms with Crippen molar-refractivity contribution in [1.29, 1.82) is 0 Å². The molecule has 0 radical (unpaired) electrons. The molecular formula is C20H24N6O2. The monoisotopic (exact) mass is 380 g/mol. The van der Waals surface area contributed by atoms with Crippen LogP contribution >= 0.6 is 0 Å². The average molecular weight is 380 g/mol. The van der Waals surface area contributed by atoms with E-state index in [9.17, 15) is 4.79 Å². The molecule has 1 spiro atoms. The molecule has 0 atom stereocenters. The zero-order chi connectivity index (χ0) is 19.7. The second-order valence-electron chi connectivity index (χ2n) is 7.22. The number of carbonyl (C=O) groups excluding carboxylic acids is 1. The minimum atomic E-state index is -0.410. The molecule has 7 N–H and O–H groups in total. The number of amides is 2. The zero-order valence-electron chi connectivity index (χ0n) is 15.7. The van der Waals surface area contributed by atoms with Crippen LogP contribution in [-0.4, -0.2) is 11.9 Å². The number of hydrazone groups is 1. The van der Waals surface area contributed by atoms with Gasteiger partial charge in [-0.1, -0.05) is 31.0 Å². The Kier molecular flexibility index (Phi) is 4.56. The molecule has 1 fully saturated rings. The highest BCUT2D eigenvalue weighted by Gasteiger charge is 2.44. The molecule has 1 saturated carbocycles. The van der Waals surface area contributed by atoms with Crippen LogP contribution in [0.4, 0.5) is 10.5 Å². The van der Waals surface area contributed by atoms with Crippen molar-refractivity contribution in [2.45, 2.75) is 38.1 Å². The lowest BCUT2D eigenvalue weighted by Crippen LogP contribution is -2.50. The molecule has 0 saturated heterocycles. The molecule has 0 aromatic heterocycles. The molecule has 146 valence electrons. The van der Waals surface area contributed by atoms with Gasteiger partial charge < -0.3 is 21.1 Å². The number of aryl methyl sites for hydroxylation is 1. The summed E-state index contributed by atoms with van der Waals surface area (Å²) < 4.78 is 6.33. The fourth-order valence-corrected chi connectivity index (χ4v) is 4.20. The standard InChI is InChI=1S/C20H24N6O2/c1-12-8-9-15(28-14-7-3-2-6-13(14)18(21)25-26-22)16-17(12)23-19(27)24-20(16)10-4-5-11-20/h2-3,6-9,26H,4-5,10-11,22H2,1H3,(H2,21,25)(H2,23,24,27).